The lowest BCUT2D eigenvalue weighted by molar-refractivity contribution is -0.401. The van der Waals surface area contributed by atoms with Gasteiger partial charge in [-0.25, -0.2) is 14.4 Å². The molecule has 31 atom stereocenters. The molecular formula is C63H98O28. The van der Waals surface area contributed by atoms with Gasteiger partial charge in [0.1, 0.15) is 91.6 Å². The van der Waals surface area contributed by atoms with Gasteiger partial charge in [0, 0.05) is 22.0 Å². The molecule has 0 amide bonds. The van der Waals surface area contributed by atoms with Crippen molar-refractivity contribution in [1.29, 1.82) is 0 Å². The van der Waals surface area contributed by atoms with Gasteiger partial charge >= 0.3 is 17.9 Å². The second-order valence-electron chi connectivity index (χ2n) is 28.7. The van der Waals surface area contributed by atoms with Gasteiger partial charge in [-0.1, -0.05) is 65.3 Å². The zero-order valence-electron chi connectivity index (χ0n) is 53.2. The number of aliphatic hydroxyl groups is 14. The molecule has 28 heteroatoms. The van der Waals surface area contributed by atoms with E-state index in [0.29, 0.717) is 37.7 Å². The molecule has 0 aromatic rings. The fourth-order valence-corrected chi connectivity index (χ4v) is 17.6. The van der Waals surface area contributed by atoms with Gasteiger partial charge in [-0.05, 0) is 107 Å². The summed E-state index contributed by atoms with van der Waals surface area (Å²) in [5.41, 5.74) is -3.97. The van der Waals surface area contributed by atoms with Crippen LogP contribution in [0.2, 0.25) is 0 Å². The minimum atomic E-state index is -2.30. The van der Waals surface area contributed by atoms with Crippen LogP contribution in [0.15, 0.2) is 34.9 Å². The van der Waals surface area contributed by atoms with E-state index >= 15 is 0 Å². The first-order chi connectivity index (χ1) is 42.7. The maximum atomic E-state index is 13.9. The summed E-state index contributed by atoms with van der Waals surface area (Å²) in [6.45, 7) is 15.2. The molecule has 0 aromatic heterocycles. The molecule has 91 heavy (non-hydrogen) atoms. The Balaban J connectivity index is 1.06. The van der Waals surface area contributed by atoms with E-state index in [1.165, 1.54) is 0 Å². The zero-order valence-corrected chi connectivity index (χ0v) is 53.2. The molecule has 9 rings (SSSR count). The van der Waals surface area contributed by atoms with Gasteiger partial charge in [-0.2, -0.15) is 0 Å². The largest absolute Gasteiger partial charge is 0.479 e. The Morgan fingerprint density at radius 3 is 1.67 bits per heavy atom. The summed E-state index contributed by atoms with van der Waals surface area (Å²) < 4.78 is 61.3. The maximum absolute atomic E-state index is 13.9. The highest BCUT2D eigenvalue weighted by atomic mass is 16.8. The first-order valence-corrected chi connectivity index (χ1v) is 31.7. The Morgan fingerprint density at radius 1 is 0.593 bits per heavy atom. The number of ether oxygens (including phenoxy) is 10. The molecule has 5 aliphatic carbocycles. The van der Waals surface area contributed by atoms with Crippen molar-refractivity contribution < 1.29 is 138 Å². The fourth-order valence-electron chi connectivity index (χ4n) is 17.6. The van der Waals surface area contributed by atoms with E-state index in [1.54, 1.807) is 39.8 Å². The number of aliphatic carboxylic acids is 1. The van der Waals surface area contributed by atoms with Gasteiger partial charge < -0.3 is 124 Å². The van der Waals surface area contributed by atoms with E-state index in [9.17, 15) is 91.0 Å². The van der Waals surface area contributed by atoms with Crippen molar-refractivity contribution in [3.8, 4) is 0 Å². The van der Waals surface area contributed by atoms with E-state index < -0.39 is 230 Å². The van der Waals surface area contributed by atoms with Crippen LogP contribution in [0.4, 0.5) is 0 Å². The van der Waals surface area contributed by atoms with Crippen LogP contribution < -0.4 is 0 Å². The topological polar surface area (TPSA) is 447 Å². The first-order valence-electron chi connectivity index (χ1n) is 31.7. The molecule has 0 bridgehead atoms. The van der Waals surface area contributed by atoms with Crippen LogP contribution in [-0.4, -0.2) is 269 Å². The van der Waals surface area contributed by atoms with Crippen LogP contribution in [0.3, 0.4) is 0 Å². The number of allylic oxidation sites excluding steroid dienone is 4. The number of fused-ring (bicyclic) bond motifs is 7. The summed E-state index contributed by atoms with van der Waals surface area (Å²) in [4.78, 5) is 40.8. The molecule has 0 aromatic carbocycles. The highest BCUT2D eigenvalue weighted by Gasteiger charge is 2.74. The van der Waals surface area contributed by atoms with Crippen LogP contribution in [0.1, 0.15) is 114 Å². The number of carbonyl (C=O) groups is 3. The Kier molecular flexibility index (Phi) is 21.4. The average molecular weight is 1300 g/mol. The number of carbonyl (C=O) groups excluding carboxylic acids is 2. The molecule has 0 spiro atoms. The third-order valence-electron chi connectivity index (χ3n) is 23.5. The number of aliphatic hydroxyl groups excluding tert-OH is 14. The van der Waals surface area contributed by atoms with Crippen molar-refractivity contribution in [3.63, 3.8) is 0 Å². The number of hydrogen-bond donors (Lipinski definition) is 15. The number of carboxylic acid groups (broad SMARTS) is 1. The van der Waals surface area contributed by atoms with Crippen molar-refractivity contribution >= 4 is 17.9 Å². The third-order valence-corrected chi connectivity index (χ3v) is 23.5. The van der Waals surface area contributed by atoms with Gasteiger partial charge in [-0.3, -0.25) is 0 Å². The highest BCUT2D eigenvalue weighted by Crippen LogP contribution is 2.76. The maximum Gasteiger partial charge on any atom is 0.335 e. The van der Waals surface area contributed by atoms with Gasteiger partial charge in [-0.15, -0.1) is 0 Å². The summed E-state index contributed by atoms with van der Waals surface area (Å²) in [5.74, 6) is -4.16. The van der Waals surface area contributed by atoms with Crippen molar-refractivity contribution in [3.05, 3.63) is 34.9 Å². The third kappa shape index (κ3) is 12.0. The molecule has 9 aliphatic rings. The lowest BCUT2D eigenvalue weighted by Crippen LogP contribution is -2.72. The summed E-state index contributed by atoms with van der Waals surface area (Å²) >= 11 is 0. The van der Waals surface area contributed by atoms with Crippen LogP contribution >= 0.6 is 0 Å². The summed E-state index contributed by atoms with van der Waals surface area (Å²) in [7, 11) is 0. The lowest BCUT2D eigenvalue weighted by Gasteiger charge is -2.72. The first kappa shape index (κ1) is 72.0. The Hall–Kier alpha value is -3.25. The van der Waals surface area contributed by atoms with Crippen molar-refractivity contribution in [2.24, 2.45) is 50.2 Å². The lowest BCUT2D eigenvalue weighted by atomic mass is 9.33. The average Bonchev–Trinajstić information content (AvgIpc) is 0.670. The molecule has 28 nitrogen and oxygen atoms in total. The van der Waals surface area contributed by atoms with Crippen LogP contribution in [-0.2, 0) is 61.8 Å². The van der Waals surface area contributed by atoms with Gasteiger partial charge in [0.25, 0.3) is 0 Å². The van der Waals surface area contributed by atoms with Gasteiger partial charge in [0.2, 0.25) is 0 Å². The molecule has 4 saturated heterocycles. The van der Waals surface area contributed by atoms with E-state index in [1.807, 2.05) is 20.8 Å². The molecule has 4 aliphatic heterocycles. The predicted octanol–water partition coefficient (Wildman–Crippen LogP) is -1.91. The molecule has 15 N–H and O–H groups in total. The molecule has 518 valence electrons. The number of carboxylic acids is 1. The number of esters is 2. The zero-order chi connectivity index (χ0) is 67.2. The predicted molar refractivity (Wildman–Crippen MR) is 309 cm³/mol. The summed E-state index contributed by atoms with van der Waals surface area (Å²) in [6.07, 6.45) is -34.1. The molecule has 31 unspecified atom stereocenters. The van der Waals surface area contributed by atoms with Gasteiger partial charge in [0.15, 0.2) is 37.4 Å². The smallest absolute Gasteiger partial charge is 0.335 e. The Labute approximate surface area is 528 Å². The second-order valence-corrected chi connectivity index (χ2v) is 28.7. The van der Waals surface area contributed by atoms with Crippen LogP contribution in [0, 0.1) is 50.2 Å². The molecule has 8 fully saturated rings. The van der Waals surface area contributed by atoms with E-state index in [2.05, 4.69) is 26.8 Å². The second kappa shape index (κ2) is 27.0. The van der Waals surface area contributed by atoms with Gasteiger partial charge in [0.05, 0.1) is 50.7 Å². The highest BCUT2D eigenvalue weighted by molar-refractivity contribution is 5.89. The normalized spacial score (nSPS) is 50.0. The SMILES string of the molecule is CC=C(C)C(=O)OC1C(OC(=O)C(C)=CC)C2(CO)C(O)CC3(C)C(=CCC4C5(C)CCC(OC6OC(C(=O)O)C(O)C(OC7OCC(O)C(O)C7OC7OC(CO)C(O)C(O)C7O)C6OC6OC(CO)C(O)C(O)C6O)C(C)(CO)C5CCC43C)C2CC1(C)C. The van der Waals surface area contributed by atoms with E-state index in [4.69, 9.17) is 47.4 Å². The number of rotatable bonds is 17. The van der Waals surface area contributed by atoms with E-state index in [0.717, 1.165) is 5.57 Å². The Morgan fingerprint density at radius 2 is 1.14 bits per heavy atom. The van der Waals surface area contributed by atoms with Crippen LogP contribution in [0.25, 0.3) is 0 Å². The quantitative estimate of drug-likeness (QED) is 0.0327. The molecule has 0 radical (unpaired) electrons. The van der Waals surface area contributed by atoms with Crippen molar-refractivity contribution in [1.82, 2.24) is 0 Å². The Bertz CT molecular complexity index is 2700. The minimum Gasteiger partial charge on any atom is -0.479 e. The number of hydrogen-bond acceptors (Lipinski definition) is 27. The molecule has 4 heterocycles. The van der Waals surface area contributed by atoms with E-state index in [-0.39, 0.29) is 30.3 Å². The summed E-state index contributed by atoms with van der Waals surface area (Å²) in [6, 6.07) is 0. The minimum absolute atomic E-state index is 0.124. The molecule has 4 saturated carbocycles. The monoisotopic (exact) mass is 1300 g/mol. The molecular weight excluding hydrogens is 1200 g/mol. The van der Waals surface area contributed by atoms with Crippen LogP contribution in [0.5, 0.6) is 0 Å². The summed E-state index contributed by atoms with van der Waals surface area (Å²) in [5, 5.41) is 167. The standard InChI is InChI=1S/C63H98O28/c1-11-26(3)52(80)90-49-50(91-53(81)27(4)12-2)63(25-67)29(19-58(49,5)6)28-13-14-34-59(7)17-16-36(60(8,24-66)33(59)15-18-61(34,9)62(28,10)20-35(63)69)85-57-48(89-55-43(76)41(74)39(72)32(22-65)84-55)45(44(77)46(87-57)51(78)79)86-56-47(37(70)30(68)23-82-56)88-54-42(75)40(73)38(71)31(21-64)83-54/h11-13,29-50,54-57,64-77H,14-25H2,1-10H3,(H,78,79). The van der Waals surface area contributed by atoms with Crippen molar-refractivity contribution in [2.75, 3.05) is 33.0 Å². The van der Waals surface area contributed by atoms with Crippen molar-refractivity contribution in [2.45, 2.75) is 255 Å². The fraction of sp³-hybridized carbons (Fsp3) is 0.857.